The van der Waals surface area contributed by atoms with E-state index in [1.165, 1.54) is 4.90 Å². The van der Waals surface area contributed by atoms with Crippen molar-refractivity contribution in [3.05, 3.63) is 29.3 Å². The second-order valence-electron chi connectivity index (χ2n) is 4.32. The van der Waals surface area contributed by atoms with Crippen molar-refractivity contribution in [1.29, 1.82) is 5.26 Å². The maximum atomic E-state index is 11.8. The first-order chi connectivity index (χ1) is 8.54. The summed E-state index contributed by atoms with van der Waals surface area (Å²) in [4.78, 5) is 24.1. The van der Waals surface area contributed by atoms with Gasteiger partial charge in [0.2, 0.25) is 5.91 Å². The van der Waals surface area contributed by atoms with Crippen molar-refractivity contribution in [2.45, 2.75) is 13.3 Å². The van der Waals surface area contributed by atoms with Crippen LogP contribution in [0.1, 0.15) is 17.5 Å². The number of amides is 1. The van der Waals surface area contributed by atoms with E-state index in [0.29, 0.717) is 11.3 Å². The molecule has 0 saturated carbocycles. The maximum Gasteiger partial charge on any atom is 0.308 e. The highest BCUT2D eigenvalue weighted by Gasteiger charge is 2.36. The summed E-state index contributed by atoms with van der Waals surface area (Å²) in [6.45, 7) is 1.92. The Morgan fingerprint density at radius 1 is 1.56 bits per heavy atom. The van der Waals surface area contributed by atoms with Gasteiger partial charge < -0.3 is 10.0 Å². The van der Waals surface area contributed by atoms with E-state index in [1.54, 1.807) is 25.1 Å². The molecule has 2 rings (SSSR count). The molecular weight excluding hydrogens is 232 g/mol. The van der Waals surface area contributed by atoms with Gasteiger partial charge in [0.15, 0.2) is 0 Å². The van der Waals surface area contributed by atoms with Crippen LogP contribution in [0.25, 0.3) is 0 Å². The van der Waals surface area contributed by atoms with Crippen molar-refractivity contribution >= 4 is 17.6 Å². The van der Waals surface area contributed by atoms with Crippen LogP contribution in [-0.4, -0.2) is 23.5 Å². The average molecular weight is 244 g/mol. The van der Waals surface area contributed by atoms with Crippen LogP contribution in [-0.2, 0) is 9.59 Å². The highest BCUT2D eigenvalue weighted by molar-refractivity contribution is 6.00. The third-order valence-corrected chi connectivity index (χ3v) is 3.13. The van der Waals surface area contributed by atoms with E-state index >= 15 is 0 Å². The molecular formula is C13H12N2O3. The monoisotopic (exact) mass is 244 g/mol. The van der Waals surface area contributed by atoms with Gasteiger partial charge in [-0.05, 0) is 18.6 Å². The number of carbonyl (C=O) groups is 2. The predicted octanol–water partition coefficient (Wildman–Crippen LogP) is 1.30. The summed E-state index contributed by atoms with van der Waals surface area (Å²) in [7, 11) is 0. The molecule has 1 N–H and O–H groups in total. The molecule has 1 aliphatic rings. The molecule has 1 saturated heterocycles. The van der Waals surface area contributed by atoms with Crippen LogP contribution in [0, 0.1) is 24.2 Å². The topological polar surface area (TPSA) is 81.4 Å². The summed E-state index contributed by atoms with van der Waals surface area (Å²) in [5.74, 6) is -1.91. The average Bonchev–Trinajstić information content (AvgIpc) is 2.71. The molecule has 18 heavy (non-hydrogen) atoms. The highest BCUT2D eigenvalue weighted by Crippen LogP contribution is 2.29. The lowest BCUT2D eigenvalue weighted by Crippen LogP contribution is -2.26. The molecule has 1 aromatic rings. The van der Waals surface area contributed by atoms with Crippen LogP contribution >= 0.6 is 0 Å². The van der Waals surface area contributed by atoms with Gasteiger partial charge in [0.25, 0.3) is 0 Å². The minimum Gasteiger partial charge on any atom is -0.481 e. The van der Waals surface area contributed by atoms with E-state index < -0.39 is 11.9 Å². The van der Waals surface area contributed by atoms with Crippen molar-refractivity contribution < 1.29 is 14.7 Å². The second kappa shape index (κ2) is 4.49. The number of benzene rings is 1. The van der Waals surface area contributed by atoms with E-state index in [0.717, 1.165) is 5.56 Å². The molecule has 0 spiro atoms. The third-order valence-electron chi connectivity index (χ3n) is 3.13. The van der Waals surface area contributed by atoms with Gasteiger partial charge in [-0.3, -0.25) is 9.59 Å². The summed E-state index contributed by atoms with van der Waals surface area (Å²) in [5.41, 5.74) is 1.71. The Hall–Kier alpha value is -2.35. The van der Waals surface area contributed by atoms with Crippen molar-refractivity contribution in [3.8, 4) is 6.07 Å². The maximum absolute atomic E-state index is 11.8. The first kappa shape index (κ1) is 12.1. The standard InChI is InChI=1S/C13H12N2O3/c1-8-3-2-4-11(10(8)6-14)15-7-9(13(17)18)5-12(15)16/h2-4,9H,5,7H2,1H3,(H,17,18). The molecule has 5 heteroatoms. The number of aliphatic carboxylic acids is 1. The zero-order valence-electron chi connectivity index (χ0n) is 9.88. The van der Waals surface area contributed by atoms with Crippen molar-refractivity contribution in [1.82, 2.24) is 0 Å². The van der Waals surface area contributed by atoms with E-state index in [2.05, 4.69) is 6.07 Å². The van der Waals surface area contributed by atoms with Crippen LogP contribution in [0.4, 0.5) is 5.69 Å². The Morgan fingerprint density at radius 3 is 2.83 bits per heavy atom. The van der Waals surface area contributed by atoms with Crippen LogP contribution < -0.4 is 4.90 Å². The number of rotatable bonds is 2. The van der Waals surface area contributed by atoms with Gasteiger partial charge in [-0.25, -0.2) is 0 Å². The number of carboxylic acid groups (broad SMARTS) is 1. The fourth-order valence-corrected chi connectivity index (χ4v) is 2.13. The van der Waals surface area contributed by atoms with E-state index in [9.17, 15) is 9.59 Å². The Bertz CT molecular complexity index is 560. The SMILES string of the molecule is Cc1cccc(N2CC(C(=O)O)CC2=O)c1C#N. The van der Waals surface area contributed by atoms with Crippen molar-refractivity contribution in [2.24, 2.45) is 5.92 Å². The van der Waals surface area contributed by atoms with Gasteiger partial charge in [-0.2, -0.15) is 5.26 Å². The molecule has 0 radical (unpaired) electrons. The zero-order chi connectivity index (χ0) is 13.3. The molecule has 1 atom stereocenters. The summed E-state index contributed by atoms with van der Waals surface area (Å²) in [6, 6.07) is 7.28. The zero-order valence-corrected chi connectivity index (χ0v) is 9.88. The fourth-order valence-electron chi connectivity index (χ4n) is 2.13. The summed E-state index contributed by atoms with van der Waals surface area (Å²) in [6.07, 6.45) is -0.00581. The number of aryl methyl sites for hydroxylation is 1. The molecule has 1 heterocycles. The number of hydrogen-bond acceptors (Lipinski definition) is 3. The molecule has 1 aromatic carbocycles. The Labute approximate surface area is 104 Å². The fraction of sp³-hybridized carbons (Fsp3) is 0.308. The summed E-state index contributed by atoms with van der Waals surface area (Å²) < 4.78 is 0. The first-order valence-electron chi connectivity index (χ1n) is 5.57. The van der Waals surface area contributed by atoms with Gasteiger partial charge in [-0.1, -0.05) is 12.1 Å². The first-order valence-corrected chi connectivity index (χ1v) is 5.57. The molecule has 1 fully saturated rings. The predicted molar refractivity (Wildman–Crippen MR) is 64.0 cm³/mol. The largest absolute Gasteiger partial charge is 0.481 e. The lowest BCUT2D eigenvalue weighted by Gasteiger charge is -2.18. The molecule has 0 aromatic heterocycles. The van der Waals surface area contributed by atoms with Crippen LogP contribution in [0.2, 0.25) is 0 Å². The van der Waals surface area contributed by atoms with E-state index in [4.69, 9.17) is 10.4 Å². The number of nitrogens with zero attached hydrogens (tertiary/aromatic N) is 2. The molecule has 0 bridgehead atoms. The number of anilines is 1. The number of hydrogen-bond donors (Lipinski definition) is 1. The highest BCUT2D eigenvalue weighted by atomic mass is 16.4. The number of carbonyl (C=O) groups excluding carboxylic acids is 1. The minimum absolute atomic E-state index is 0.00581. The molecule has 92 valence electrons. The summed E-state index contributed by atoms with van der Waals surface area (Å²) in [5, 5.41) is 18.0. The van der Waals surface area contributed by atoms with Crippen molar-refractivity contribution in [2.75, 3.05) is 11.4 Å². The second-order valence-corrected chi connectivity index (χ2v) is 4.32. The van der Waals surface area contributed by atoms with E-state index in [1.807, 2.05) is 0 Å². The van der Waals surface area contributed by atoms with Crippen molar-refractivity contribution in [3.63, 3.8) is 0 Å². The van der Waals surface area contributed by atoms with Crippen LogP contribution in [0.3, 0.4) is 0 Å². The lowest BCUT2D eigenvalue weighted by molar-refractivity contribution is -0.141. The molecule has 1 unspecified atom stereocenters. The minimum atomic E-state index is -0.975. The smallest absolute Gasteiger partial charge is 0.308 e. The lowest BCUT2D eigenvalue weighted by atomic mass is 10.1. The molecule has 0 aliphatic carbocycles. The normalized spacial score (nSPS) is 18.8. The van der Waals surface area contributed by atoms with Gasteiger partial charge in [0, 0.05) is 13.0 Å². The Balaban J connectivity index is 2.39. The van der Waals surface area contributed by atoms with Gasteiger partial charge in [-0.15, -0.1) is 0 Å². The molecule has 5 nitrogen and oxygen atoms in total. The molecule has 1 aliphatic heterocycles. The number of nitriles is 1. The summed E-state index contributed by atoms with van der Waals surface area (Å²) >= 11 is 0. The van der Waals surface area contributed by atoms with Crippen LogP contribution in [0.5, 0.6) is 0 Å². The molecule has 1 amide bonds. The van der Waals surface area contributed by atoms with E-state index in [-0.39, 0.29) is 18.9 Å². The van der Waals surface area contributed by atoms with Gasteiger partial charge in [0.1, 0.15) is 6.07 Å². The number of carboxylic acids is 1. The Morgan fingerprint density at radius 2 is 2.28 bits per heavy atom. The third kappa shape index (κ3) is 1.93. The van der Waals surface area contributed by atoms with Gasteiger partial charge >= 0.3 is 5.97 Å². The van der Waals surface area contributed by atoms with Gasteiger partial charge in [0.05, 0.1) is 17.2 Å². The Kier molecular flexibility index (Phi) is 3.02. The van der Waals surface area contributed by atoms with Crippen LogP contribution in [0.15, 0.2) is 18.2 Å². The quantitative estimate of drug-likeness (QED) is 0.850.